The number of fused-ring (bicyclic) bond motifs is 1. The van der Waals surface area contributed by atoms with Crippen molar-refractivity contribution < 1.29 is 9.59 Å². The summed E-state index contributed by atoms with van der Waals surface area (Å²) >= 11 is 0. The number of hydrogen-bond acceptors (Lipinski definition) is 3. The molecule has 1 aromatic carbocycles. The van der Waals surface area contributed by atoms with Crippen LogP contribution in [0.15, 0.2) is 36.9 Å². The van der Waals surface area contributed by atoms with Gasteiger partial charge in [-0.1, -0.05) is 32.9 Å². The van der Waals surface area contributed by atoms with Crippen molar-refractivity contribution in [1.82, 2.24) is 14.9 Å². The third kappa shape index (κ3) is 3.25. The van der Waals surface area contributed by atoms with E-state index in [4.69, 9.17) is 0 Å². The molecule has 3 rings (SSSR count). The Hall–Kier alpha value is -2.43. The smallest absolute Gasteiger partial charge is 0.251 e. The standard InChI is InChI=1S/C19H23N3O2/c1-19(2,3)17(11-22-10-9-20-12-22)21-18(24)15-6-4-5-14-13(15)7-8-16(14)23/h4-6,9-10,12,17H,7-8,11H2,1-3H3,(H,21,24)/t17-/m0/s1. The van der Waals surface area contributed by atoms with Crippen molar-refractivity contribution in [3.05, 3.63) is 53.6 Å². The van der Waals surface area contributed by atoms with Crippen LogP contribution in [0.2, 0.25) is 0 Å². The van der Waals surface area contributed by atoms with Crippen LogP contribution in [0.5, 0.6) is 0 Å². The number of rotatable bonds is 4. The first-order valence-electron chi connectivity index (χ1n) is 8.28. The SMILES string of the molecule is CC(C)(C)[C@H](Cn1ccnc1)NC(=O)c1cccc2c1CCC2=O. The topological polar surface area (TPSA) is 64.0 Å². The van der Waals surface area contributed by atoms with Gasteiger partial charge in [-0.05, 0) is 23.5 Å². The molecule has 0 unspecified atom stereocenters. The molecule has 5 heteroatoms. The number of amides is 1. The van der Waals surface area contributed by atoms with E-state index < -0.39 is 0 Å². The Morgan fingerprint density at radius 1 is 1.33 bits per heavy atom. The van der Waals surface area contributed by atoms with Gasteiger partial charge in [-0.25, -0.2) is 4.98 Å². The number of nitrogens with zero attached hydrogens (tertiary/aromatic N) is 2. The molecular weight excluding hydrogens is 302 g/mol. The molecule has 0 saturated carbocycles. The molecule has 2 aromatic rings. The van der Waals surface area contributed by atoms with E-state index in [9.17, 15) is 9.59 Å². The van der Waals surface area contributed by atoms with Gasteiger partial charge in [0.15, 0.2) is 5.78 Å². The summed E-state index contributed by atoms with van der Waals surface area (Å²) in [6, 6.07) is 5.36. The minimum atomic E-state index is -0.110. The van der Waals surface area contributed by atoms with Crippen molar-refractivity contribution >= 4 is 11.7 Å². The summed E-state index contributed by atoms with van der Waals surface area (Å²) in [5.41, 5.74) is 2.10. The number of imidazole rings is 1. The van der Waals surface area contributed by atoms with E-state index in [2.05, 4.69) is 31.1 Å². The maximum absolute atomic E-state index is 12.8. The fraction of sp³-hybridized carbons (Fsp3) is 0.421. The maximum atomic E-state index is 12.8. The number of benzene rings is 1. The molecule has 1 aromatic heterocycles. The molecule has 0 fully saturated rings. The molecule has 1 amide bonds. The van der Waals surface area contributed by atoms with Crippen LogP contribution in [0.25, 0.3) is 0 Å². The summed E-state index contributed by atoms with van der Waals surface area (Å²) in [5.74, 6) is 0.0204. The van der Waals surface area contributed by atoms with Crippen molar-refractivity contribution in [2.45, 2.75) is 46.2 Å². The molecule has 0 radical (unpaired) electrons. The fourth-order valence-electron chi connectivity index (χ4n) is 3.08. The van der Waals surface area contributed by atoms with Gasteiger partial charge in [0, 0.05) is 36.5 Å². The summed E-state index contributed by atoms with van der Waals surface area (Å²) in [6.45, 7) is 6.97. The number of hydrogen-bond donors (Lipinski definition) is 1. The largest absolute Gasteiger partial charge is 0.347 e. The summed E-state index contributed by atoms with van der Waals surface area (Å²) in [6.07, 6.45) is 6.53. The van der Waals surface area contributed by atoms with Crippen LogP contribution in [0.4, 0.5) is 0 Å². The third-order valence-electron chi connectivity index (χ3n) is 4.63. The van der Waals surface area contributed by atoms with Crippen LogP contribution in [-0.2, 0) is 13.0 Å². The Labute approximate surface area is 142 Å². The molecule has 0 aliphatic heterocycles. The highest BCUT2D eigenvalue weighted by Crippen LogP contribution is 2.26. The summed E-state index contributed by atoms with van der Waals surface area (Å²) in [5, 5.41) is 3.16. The molecule has 1 heterocycles. The normalized spacial score (nSPS) is 15.2. The van der Waals surface area contributed by atoms with Crippen LogP contribution in [0.1, 0.15) is 53.5 Å². The Bertz CT molecular complexity index is 757. The van der Waals surface area contributed by atoms with Crippen LogP contribution >= 0.6 is 0 Å². The average Bonchev–Trinajstić information content (AvgIpc) is 3.16. The van der Waals surface area contributed by atoms with E-state index in [1.54, 1.807) is 18.6 Å². The molecule has 0 bridgehead atoms. The van der Waals surface area contributed by atoms with Gasteiger partial charge in [-0.15, -0.1) is 0 Å². The summed E-state index contributed by atoms with van der Waals surface area (Å²) in [7, 11) is 0. The van der Waals surface area contributed by atoms with Gasteiger partial charge in [0.1, 0.15) is 0 Å². The van der Waals surface area contributed by atoms with Crippen LogP contribution in [-0.4, -0.2) is 27.3 Å². The Morgan fingerprint density at radius 3 is 2.79 bits per heavy atom. The van der Waals surface area contributed by atoms with Crippen molar-refractivity contribution in [3.63, 3.8) is 0 Å². The predicted octanol–water partition coefficient (Wildman–Crippen LogP) is 2.86. The average molecular weight is 325 g/mol. The van der Waals surface area contributed by atoms with Crippen LogP contribution < -0.4 is 5.32 Å². The second kappa shape index (κ2) is 6.23. The molecular formula is C19H23N3O2. The second-order valence-corrected chi connectivity index (χ2v) is 7.41. The number of nitrogens with one attached hydrogen (secondary N) is 1. The number of Topliss-reactive ketones (excluding diaryl/α,β-unsaturated/α-hetero) is 1. The van der Waals surface area contributed by atoms with Crippen molar-refractivity contribution in [1.29, 1.82) is 0 Å². The summed E-state index contributed by atoms with van der Waals surface area (Å²) in [4.78, 5) is 28.8. The quantitative estimate of drug-likeness (QED) is 0.940. The minimum absolute atomic E-state index is 0.0489. The molecule has 5 nitrogen and oxygen atoms in total. The van der Waals surface area contributed by atoms with Crippen LogP contribution in [0.3, 0.4) is 0 Å². The number of carbonyl (C=O) groups excluding carboxylic acids is 2. The van der Waals surface area contributed by atoms with E-state index in [1.807, 2.05) is 22.9 Å². The van der Waals surface area contributed by atoms with E-state index in [1.165, 1.54) is 0 Å². The van der Waals surface area contributed by atoms with E-state index >= 15 is 0 Å². The molecule has 0 spiro atoms. The van der Waals surface area contributed by atoms with E-state index in [0.717, 1.165) is 5.56 Å². The van der Waals surface area contributed by atoms with Gasteiger partial charge in [-0.2, -0.15) is 0 Å². The maximum Gasteiger partial charge on any atom is 0.251 e. The van der Waals surface area contributed by atoms with Gasteiger partial charge in [-0.3, -0.25) is 9.59 Å². The lowest BCUT2D eigenvalue weighted by atomic mass is 9.86. The van der Waals surface area contributed by atoms with Gasteiger partial charge < -0.3 is 9.88 Å². The number of aromatic nitrogens is 2. The van der Waals surface area contributed by atoms with Crippen molar-refractivity contribution in [2.75, 3.05) is 0 Å². The summed E-state index contributed by atoms with van der Waals surface area (Å²) < 4.78 is 1.97. The molecule has 1 N–H and O–H groups in total. The first kappa shape index (κ1) is 16.4. The molecule has 24 heavy (non-hydrogen) atoms. The zero-order valence-electron chi connectivity index (χ0n) is 14.4. The van der Waals surface area contributed by atoms with Gasteiger partial charge in [0.2, 0.25) is 0 Å². The zero-order chi connectivity index (χ0) is 17.3. The lowest BCUT2D eigenvalue weighted by Crippen LogP contribution is -2.46. The van der Waals surface area contributed by atoms with Gasteiger partial charge >= 0.3 is 0 Å². The molecule has 126 valence electrons. The van der Waals surface area contributed by atoms with Crippen LogP contribution in [0, 0.1) is 5.41 Å². The second-order valence-electron chi connectivity index (χ2n) is 7.41. The van der Waals surface area contributed by atoms with E-state index in [-0.39, 0.29) is 23.1 Å². The van der Waals surface area contributed by atoms with Gasteiger partial charge in [0.25, 0.3) is 5.91 Å². The Morgan fingerprint density at radius 2 is 2.12 bits per heavy atom. The number of carbonyl (C=O) groups is 2. The molecule has 1 atom stereocenters. The number of ketones is 1. The molecule has 0 saturated heterocycles. The first-order chi connectivity index (χ1) is 11.4. The lowest BCUT2D eigenvalue weighted by Gasteiger charge is -2.32. The highest BCUT2D eigenvalue weighted by Gasteiger charge is 2.29. The minimum Gasteiger partial charge on any atom is -0.347 e. The Balaban J connectivity index is 1.83. The van der Waals surface area contributed by atoms with Crippen molar-refractivity contribution in [3.8, 4) is 0 Å². The van der Waals surface area contributed by atoms with E-state index in [0.29, 0.717) is 30.5 Å². The lowest BCUT2D eigenvalue weighted by molar-refractivity contribution is 0.0891. The van der Waals surface area contributed by atoms with Gasteiger partial charge in [0.05, 0.1) is 12.4 Å². The fourth-order valence-corrected chi connectivity index (χ4v) is 3.08. The van der Waals surface area contributed by atoms with Crippen molar-refractivity contribution in [2.24, 2.45) is 5.41 Å². The monoisotopic (exact) mass is 325 g/mol. The highest BCUT2D eigenvalue weighted by molar-refractivity contribution is 6.05. The molecule has 1 aliphatic rings. The predicted molar refractivity (Wildman–Crippen MR) is 92.0 cm³/mol. The third-order valence-corrected chi connectivity index (χ3v) is 4.63. The molecule has 1 aliphatic carbocycles. The Kier molecular flexibility index (Phi) is 4.26. The first-order valence-corrected chi connectivity index (χ1v) is 8.28. The zero-order valence-corrected chi connectivity index (χ0v) is 14.4. The highest BCUT2D eigenvalue weighted by atomic mass is 16.2.